The lowest BCUT2D eigenvalue weighted by atomic mass is 10.0. The predicted molar refractivity (Wildman–Crippen MR) is 95.2 cm³/mol. The van der Waals surface area contributed by atoms with Crippen molar-refractivity contribution in [1.29, 1.82) is 5.41 Å². The van der Waals surface area contributed by atoms with E-state index in [1.165, 1.54) is 55.6 Å². The lowest BCUT2D eigenvalue weighted by molar-refractivity contribution is 0.700. The van der Waals surface area contributed by atoms with Crippen LogP contribution in [0.1, 0.15) is 57.8 Å². The molecule has 0 aromatic heterocycles. The van der Waals surface area contributed by atoms with Crippen LogP contribution in [0.3, 0.4) is 0 Å². The summed E-state index contributed by atoms with van der Waals surface area (Å²) in [6.45, 7) is 4.17. The van der Waals surface area contributed by atoms with Gasteiger partial charge in [-0.15, -0.1) is 0 Å². The molecule has 0 radical (unpaired) electrons. The van der Waals surface area contributed by atoms with Gasteiger partial charge in [-0.3, -0.25) is 0 Å². The normalized spacial score (nSPS) is 10.6. The Kier molecular flexibility index (Phi) is 14.6. The molecule has 0 atom stereocenters. The summed E-state index contributed by atoms with van der Waals surface area (Å²) in [6.07, 6.45) is 14.8. The van der Waals surface area contributed by atoms with E-state index in [4.69, 9.17) is 5.41 Å². The van der Waals surface area contributed by atoms with Crippen LogP contribution in [-0.4, -0.2) is 29.7 Å². The van der Waals surface area contributed by atoms with Crippen LogP contribution < -0.4 is 0 Å². The molecule has 1 N–H and O–H groups in total. The van der Waals surface area contributed by atoms with Crippen molar-refractivity contribution in [2.24, 2.45) is 0 Å². The van der Waals surface area contributed by atoms with Crippen LogP contribution in [0.25, 0.3) is 0 Å². The van der Waals surface area contributed by atoms with E-state index in [1.54, 1.807) is 0 Å². The van der Waals surface area contributed by atoms with Crippen molar-refractivity contribution in [3.8, 4) is 0 Å². The zero-order valence-electron chi connectivity index (χ0n) is 12.8. The summed E-state index contributed by atoms with van der Waals surface area (Å²) in [6, 6.07) is 0. The first kappa shape index (κ1) is 19.1. The number of thioether (sulfide) groups is 2. The summed E-state index contributed by atoms with van der Waals surface area (Å²) in [5.41, 5.74) is 2.36. The fourth-order valence-electron chi connectivity index (χ4n) is 2.01. The number of unbranched alkanes of at least 4 members (excludes halogenated alkanes) is 2. The Morgan fingerprint density at radius 1 is 0.789 bits per heavy atom. The molecule has 0 saturated heterocycles. The summed E-state index contributed by atoms with van der Waals surface area (Å²) in [5.74, 6) is 2.47. The van der Waals surface area contributed by atoms with Crippen molar-refractivity contribution >= 4 is 29.2 Å². The quantitative estimate of drug-likeness (QED) is 0.249. The number of allylic oxidation sites excluding steroid dienone is 1. The summed E-state index contributed by atoms with van der Waals surface area (Å²) >= 11 is 3.81. The highest BCUT2D eigenvalue weighted by atomic mass is 32.2. The highest BCUT2D eigenvalue weighted by Gasteiger charge is 1.99. The first-order valence-corrected chi connectivity index (χ1v) is 10.2. The van der Waals surface area contributed by atoms with Crippen LogP contribution in [0.15, 0.2) is 12.2 Å². The van der Waals surface area contributed by atoms with Gasteiger partial charge in [-0.1, -0.05) is 12.2 Å². The maximum Gasteiger partial charge on any atom is 0.00894 e. The van der Waals surface area contributed by atoms with Crippen LogP contribution in [0, 0.1) is 5.41 Å². The van der Waals surface area contributed by atoms with E-state index in [2.05, 4.69) is 19.1 Å². The number of hydrogen-bond acceptors (Lipinski definition) is 3. The average Bonchev–Trinajstić information content (AvgIpc) is 2.40. The van der Waals surface area contributed by atoms with Crippen molar-refractivity contribution in [3.05, 3.63) is 12.2 Å². The SMILES string of the molecule is C=C(CCCCSC)CCCCC(=N)CCCSC. The first-order valence-electron chi connectivity index (χ1n) is 7.41. The highest BCUT2D eigenvalue weighted by molar-refractivity contribution is 7.98. The molecular formula is C16H31NS2. The standard InChI is InChI=1S/C16H31NS2/c1-15(10-6-7-13-18-2)9-4-5-11-16(17)12-8-14-19-3/h17H,1,4-14H2,2-3H3. The van der Waals surface area contributed by atoms with Gasteiger partial charge in [0.05, 0.1) is 0 Å². The van der Waals surface area contributed by atoms with Crippen molar-refractivity contribution in [2.45, 2.75) is 57.8 Å². The van der Waals surface area contributed by atoms with Gasteiger partial charge in [-0.05, 0) is 81.8 Å². The van der Waals surface area contributed by atoms with Gasteiger partial charge in [-0.2, -0.15) is 23.5 Å². The third kappa shape index (κ3) is 14.3. The van der Waals surface area contributed by atoms with Gasteiger partial charge < -0.3 is 5.41 Å². The molecule has 0 fully saturated rings. The zero-order valence-corrected chi connectivity index (χ0v) is 14.4. The van der Waals surface area contributed by atoms with Crippen LogP contribution in [0.4, 0.5) is 0 Å². The van der Waals surface area contributed by atoms with E-state index in [-0.39, 0.29) is 0 Å². The third-order valence-corrected chi connectivity index (χ3v) is 4.61. The number of nitrogens with one attached hydrogen (secondary N) is 1. The number of rotatable bonds is 14. The van der Waals surface area contributed by atoms with Gasteiger partial charge in [0.1, 0.15) is 0 Å². The van der Waals surface area contributed by atoms with Crippen LogP contribution in [-0.2, 0) is 0 Å². The number of hydrogen-bond donors (Lipinski definition) is 1. The zero-order chi connectivity index (χ0) is 14.3. The molecule has 0 rings (SSSR count). The minimum absolute atomic E-state index is 0.944. The van der Waals surface area contributed by atoms with E-state index in [9.17, 15) is 0 Å². The van der Waals surface area contributed by atoms with Crippen LogP contribution in [0.2, 0.25) is 0 Å². The average molecular weight is 302 g/mol. The molecule has 0 heterocycles. The third-order valence-electron chi connectivity index (χ3n) is 3.21. The molecule has 0 aromatic carbocycles. The van der Waals surface area contributed by atoms with Crippen LogP contribution in [0.5, 0.6) is 0 Å². The largest absolute Gasteiger partial charge is 0.310 e. The van der Waals surface area contributed by atoms with Gasteiger partial charge in [-0.25, -0.2) is 0 Å². The fraction of sp³-hybridized carbons (Fsp3) is 0.812. The summed E-state index contributed by atoms with van der Waals surface area (Å²) in [4.78, 5) is 0. The van der Waals surface area contributed by atoms with Crippen LogP contribution >= 0.6 is 23.5 Å². The molecule has 0 bridgehead atoms. The Morgan fingerprint density at radius 2 is 1.26 bits per heavy atom. The van der Waals surface area contributed by atoms with Crippen molar-refractivity contribution in [2.75, 3.05) is 24.0 Å². The molecule has 3 heteroatoms. The summed E-state index contributed by atoms with van der Waals surface area (Å²) in [7, 11) is 0. The van der Waals surface area contributed by atoms with E-state index < -0.39 is 0 Å². The topological polar surface area (TPSA) is 23.9 Å². The van der Waals surface area contributed by atoms with E-state index in [0.29, 0.717) is 0 Å². The Labute approximate surface area is 128 Å². The second kappa shape index (κ2) is 14.5. The fourth-order valence-corrected chi connectivity index (χ4v) is 2.94. The maximum atomic E-state index is 7.88. The van der Waals surface area contributed by atoms with Gasteiger partial charge in [0, 0.05) is 5.71 Å². The molecule has 112 valence electrons. The molecule has 0 aromatic rings. The van der Waals surface area contributed by atoms with E-state index in [0.717, 1.165) is 25.0 Å². The van der Waals surface area contributed by atoms with Crippen molar-refractivity contribution in [1.82, 2.24) is 0 Å². The van der Waals surface area contributed by atoms with Gasteiger partial charge >= 0.3 is 0 Å². The molecule has 0 unspecified atom stereocenters. The first-order chi connectivity index (χ1) is 9.20. The summed E-state index contributed by atoms with van der Waals surface area (Å²) < 4.78 is 0. The monoisotopic (exact) mass is 301 g/mol. The minimum Gasteiger partial charge on any atom is -0.310 e. The lowest BCUT2D eigenvalue weighted by Crippen LogP contribution is -1.97. The van der Waals surface area contributed by atoms with Gasteiger partial charge in [0.2, 0.25) is 0 Å². The van der Waals surface area contributed by atoms with E-state index >= 15 is 0 Å². The van der Waals surface area contributed by atoms with Gasteiger partial charge in [0.25, 0.3) is 0 Å². The Bertz CT molecular complexity index is 239. The Morgan fingerprint density at radius 3 is 1.89 bits per heavy atom. The van der Waals surface area contributed by atoms with Crippen molar-refractivity contribution in [3.63, 3.8) is 0 Å². The second-order valence-electron chi connectivity index (χ2n) is 5.11. The molecule has 0 amide bonds. The van der Waals surface area contributed by atoms with E-state index in [1.807, 2.05) is 23.5 Å². The van der Waals surface area contributed by atoms with Gasteiger partial charge in [0.15, 0.2) is 0 Å². The van der Waals surface area contributed by atoms with Crippen molar-refractivity contribution < 1.29 is 0 Å². The second-order valence-corrected chi connectivity index (χ2v) is 7.08. The molecule has 0 saturated carbocycles. The molecule has 0 aliphatic heterocycles. The maximum absolute atomic E-state index is 7.88. The summed E-state index contributed by atoms with van der Waals surface area (Å²) in [5, 5.41) is 7.88. The lowest BCUT2D eigenvalue weighted by Gasteiger charge is -2.06. The molecule has 0 aliphatic carbocycles. The smallest absolute Gasteiger partial charge is 0.00894 e. The Hall–Kier alpha value is 0.110. The molecule has 0 spiro atoms. The molecule has 0 aliphatic rings. The molecule has 19 heavy (non-hydrogen) atoms. The predicted octanol–water partition coefficient (Wildman–Crippen LogP) is 5.80. The molecular weight excluding hydrogens is 270 g/mol. The minimum atomic E-state index is 0.944. The highest BCUT2D eigenvalue weighted by Crippen LogP contribution is 2.15. The molecule has 1 nitrogen and oxygen atoms in total. The Balaban J connectivity index is 3.32.